The molecule has 0 radical (unpaired) electrons. The van der Waals surface area contributed by atoms with Gasteiger partial charge in [0.15, 0.2) is 0 Å². The molecule has 1 heterocycles. The van der Waals surface area contributed by atoms with Crippen molar-refractivity contribution in [1.29, 1.82) is 0 Å². The van der Waals surface area contributed by atoms with Gasteiger partial charge >= 0.3 is 11.9 Å². The minimum absolute atomic E-state index is 0.0131. The van der Waals surface area contributed by atoms with Crippen molar-refractivity contribution < 1.29 is 19.4 Å². The van der Waals surface area contributed by atoms with Gasteiger partial charge in [-0.05, 0) is 38.5 Å². The molecule has 4 heteroatoms. The number of carboxylic acids is 1. The monoisotopic (exact) mass is 292 g/mol. The van der Waals surface area contributed by atoms with E-state index < -0.39 is 5.97 Å². The van der Waals surface area contributed by atoms with Gasteiger partial charge in [0.25, 0.3) is 0 Å². The summed E-state index contributed by atoms with van der Waals surface area (Å²) in [4.78, 5) is 21.6. The van der Waals surface area contributed by atoms with Crippen LogP contribution in [-0.4, -0.2) is 23.1 Å². The lowest BCUT2D eigenvalue weighted by atomic mass is 9.99. The lowest BCUT2D eigenvalue weighted by molar-refractivity contribution is -0.144. The Hall–Kier alpha value is -1.84. The van der Waals surface area contributed by atoms with Crippen LogP contribution in [0.2, 0.25) is 0 Å². The van der Waals surface area contributed by atoms with Crippen molar-refractivity contribution in [3.8, 4) is 0 Å². The molecule has 0 aromatic heterocycles. The van der Waals surface area contributed by atoms with E-state index in [9.17, 15) is 9.59 Å². The first-order chi connectivity index (χ1) is 9.97. The van der Waals surface area contributed by atoms with Gasteiger partial charge in [-0.3, -0.25) is 0 Å². The Morgan fingerprint density at radius 3 is 3.00 bits per heavy atom. The molecule has 0 aliphatic carbocycles. The molecule has 0 fully saturated rings. The maximum atomic E-state index is 11.1. The fourth-order valence-corrected chi connectivity index (χ4v) is 2.21. The third kappa shape index (κ3) is 8.12. The van der Waals surface area contributed by atoms with Gasteiger partial charge in [0, 0.05) is 18.6 Å². The number of rotatable bonds is 8. The van der Waals surface area contributed by atoms with Crippen molar-refractivity contribution in [3.05, 3.63) is 36.0 Å². The van der Waals surface area contributed by atoms with E-state index in [1.54, 1.807) is 0 Å². The lowest BCUT2D eigenvalue weighted by Gasteiger charge is -2.19. The highest BCUT2D eigenvalue weighted by Gasteiger charge is 2.16. The SMILES string of the molecule is C/C(=C/C(=O)O)CC/C=C\[C@@H](C)CC[C@@H]1CC=CC(=O)O1. The number of hydrogen-bond donors (Lipinski definition) is 1. The summed E-state index contributed by atoms with van der Waals surface area (Å²) in [6.07, 6.45) is 13.1. The zero-order chi connectivity index (χ0) is 15.7. The quantitative estimate of drug-likeness (QED) is 0.421. The fourth-order valence-electron chi connectivity index (χ4n) is 2.21. The summed E-state index contributed by atoms with van der Waals surface area (Å²) in [5.41, 5.74) is 0.876. The molecule has 0 spiro atoms. The van der Waals surface area contributed by atoms with Gasteiger partial charge in [0.2, 0.25) is 0 Å². The molecule has 0 unspecified atom stereocenters. The van der Waals surface area contributed by atoms with Crippen LogP contribution in [0.3, 0.4) is 0 Å². The molecule has 1 aliphatic rings. The number of esters is 1. The number of carbonyl (C=O) groups excluding carboxylic acids is 1. The molecule has 116 valence electrons. The molecule has 0 bridgehead atoms. The minimum atomic E-state index is -0.888. The molecule has 4 nitrogen and oxygen atoms in total. The maximum absolute atomic E-state index is 11.1. The summed E-state index contributed by atoms with van der Waals surface area (Å²) >= 11 is 0. The molecule has 0 aromatic carbocycles. The van der Waals surface area contributed by atoms with Gasteiger partial charge in [-0.1, -0.05) is 30.7 Å². The highest BCUT2D eigenvalue weighted by molar-refractivity contribution is 5.82. The Bertz CT molecular complexity index is 446. The Morgan fingerprint density at radius 1 is 1.57 bits per heavy atom. The van der Waals surface area contributed by atoms with Crippen LogP contribution in [0, 0.1) is 5.92 Å². The van der Waals surface area contributed by atoms with Crippen LogP contribution in [0.25, 0.3) is 0 Å². The van der Waals surface area contributed by atoms with E-state index in [0.29, 0.717) is 5.92 Å². The number of allylic oxidation sites excluding steroid dienone is 3. The first-order valence-corrected chi connectivity index (χ1v) is 7.41. The Labute approximate surface area is 126 Å². The number of aliphatic carboxylic acids is 1. The first-order valence-electron chi connectivity index (χ1n) is 7.41. The Kier molecular flexibility index (Phi) is 7.51. The number of hydrogen-bond acceptors (Lipinski definition) is 3. The summed E-state index contributed by atoms with van der Waals surface area (Å²) in [6.45, 7) is 3.97. The normalized spacial score (nSPS) is 20.6. The van der Waals surface area contributed by atoms with Crippen LogP contribution in [0.4, 0.5) is 0 Å². The van der Waals surface area contributed by atoms with E-state index in [4.69, 9.17) is 9.84 Å². The second kappa shape index (κ2) is 9.16. The zero-order valence-electron chi connectivity index (χ0n) is 12.7. The molecule has 0 saturated heterocycles. The average Bonchev–Trinajstić information content (AvgIpc) is 2.41. The van der Waals surface area contributed by atoms with Crippen LogP contribution in [0.5, 0.6) is 0 Å². The van der Waals surface area contributed by atoms with Crippen molar-refractivity contribution in [3.63, 3.8) is 0 Å². The predicted octanol–water partition coefficient (Wildman–Crippen LogP) is 3.64. The zero-order valence-corrected chi connectivity index (χ0v) is 12.7. The largest absolute Gasteiger partial charge is 0.478 e. The van der Waals surface area contributed by atoms with Crippen LogP contribution in [-0.2, 0) is 14.3 Å². The summed E-state index contributed by atoms with van der Waals surface area (Å²) in [7, 11) is 0. The molecule has 1 N–H and O–H groups in total. The first kappa shape index (κ1) is 17.2. The van der Waals surface area contributed by atoms with Crippen LogP contribution >= 0.6 is 0 Å². The van der Waals surface area contributed by atoms with Gasteiger partial charge in [0.1, 0.15) is 6.10 Å². The van der Waals surface area contributed by atoms with Crippen LogP contribution in [0.1, 0.15) is 46.0 Å². The van der Waals surface area contributed by atoms with Crippen LogP contribution < -0.4 is 0 Å². The third-order valence-electron chi connectivity index (χ3n) is 3.42. The lowest BCUT2D eigenvalue weighted by Crippen LogP contribution is -2.20. The standard InChI is InChI=1S/C17H24O4/c1-13(6-3-4-7-14(2)12-16(18)19)10-11-15-8-5-9-17(20)21-15/h3,5-6,9,12-13,15H,4,7-8,10-11H2,1-2H3,(H,18,19)/b6-3-,14-12-/t13-,15+/m1/s1. The molecule has 21 heavy (non-hydrogen) atoms. The van der Waals surface area contributed by atoms with E-state index in [1.165, 1.54) is 12.2 Å². The second-order valence-corrected chi connectivity index (χ2v) is 5.55. The van der Waals surface area contributed by atoms with E-state index in [-0.39, 0.29) is 12.1 Å². The molecule has 2 atom stereocenters. The van der Waals surface area contributed by atoms with E-state index in [2.05, 4.69) is 19.1 Å². The van der Waals surface area contributed by atoms with Crippen molar-refractivity contribution >= 4 is 11.9 Å². The Balaban J connectivity index is 2.19. The van der Waals surface area contributed by atoms with Crippen molar-refractivity contribution in [2.24, 2.45) is 5.92 Å². The molecule has 0 aromatic rings. The number of ether oxygens (including phenoxy) is 1. The highest BCUT2D eigenvalue weighted by atomic mass is 16.5. The highest BCUT2D eigenvalue weighted by Crippen LogP contribution is 2.17. The number of carboxylic acid groups (broad SMARTS) is 1. The van der Waals surface area contributed by atoms with Gasteiger partial charge in [-0.15, -0.1) is 0 Å². The van der Waals surface area contributed by atoms with Gasteiger partial charge in [0.05, 0.1) is 0 Å². The van der Waals surface area contributed by atoms with Crippen molar-refractivity contribution in [2.45, 2.75) is 52.1 Å². The molecule has 0 saturated carbocycles. The van der Waals surface area contributed by atoms with Crippen molar-refractivity contribution in [2.75, 3.05) is 0 Å². The molecular weight excluding hydrogens is 268 g/mol. The van der Waals surface area contributed by atoms with Crippen molar-refractivity contribution in [1.82, 2.24) is 0 Å². The summed E-state index contributed by atoms with van der Waals surface area (Å²) in [5.74, 6) is -0.700. The van der Waals surface area contributed by atoms with Crippen LogP contribution in [0.15, 0.2) is 36.0 Å². The maximum Gasteiger partial charge on any atom is 0.330 e. The molecule has 1 aliphatic heterocycles. The van der Waals surface area contributed by atoms with Gasteiger partial charge in [-0.25, -0.2) is 9.59 Å². The molecule has 1 rings (SSSR count). The smallest absolute Gasteiger partial charge is 0.330 e. The average molecular weight is 292 g/mol. The van der Waals surface area contributed by atoms with E-state index >= 15 is 0 Å². The van der Waals surface area contributed by atoms with Gasteiger partial charge in [-0.2, -0.15) is 0 Å². The fraction of sp³-hybridized carbons (Fsp3) is 0.529. The topological polar surface area (TPSA) is 63.6 Å². The summed E-state index contributed by atoms with van der Waals surface area (Å²) < 4.78 is 5.22. The summed E-state index contributed by atoms with van der Waals surface area (Å²) in [5, 5.41) is 8.61. The van der Waals surface area contributed by atoms with E-state index in [0.717, 1.165) is 37.7 Å². The minimum Gasteiger partial charge on any atom is -0.478 e. The Morgan fingerprint density at radius 2 is 2.33 bits per heavy atom. The van der Waals surface area contributed by atoms with Gasteiger partial charge < -0.3 is 9.84 Å². The third-order valence-corrected chi connectivity index (χ3v) is 3.42. The number of carbonyl (C=O) groups is 2. The number of cyclic esters (lactones) is 1. The predicted molar refractivity (Wildman–Crippen MR) is 81.8 cm³/mol. The summed E-state index contributed by atoms with van der Waals surface area (Å²) in [6, 6.07) is 0. The molecular formula is C17H24O4. The van der Waals surface area contributed by atoms with E-state index in [1.807, 2.05) is 13.0 Å². The molecule has 0 amide bonds. The second-order valence-electron chi connectivity index (χ2n) is 5.55.